The Bertz CT molecular complexity index is 1130. The monoisotopic (exact) mass is 453 g/mol. The van der Waals surface area contributed by atoms with Crippen molar-refractivity contribution in [2.45, 2.75) is 44.8 Å². The lowest BCUT2D eigenvalue weighted by Gasteiger charge is -2.23. The zero-order valence-corrected chi connectivity index (χ0v) is 19.3. The molecule has 2 heterocycles. The minimum atomic E-state index is -1.95. The molecule has 4 rings (SSSR count). The molecular weight excluding hydrogens is 430 g/mol. The van der Waals surface area contributed by atoms with E-state index in [0.29, 0.717) is 28.4 Å². The number of anilines is 1. The first-order chi connectivity index (χ1) is 14.6. The Balaban J connectivity index is 1.66. The topological polar surface area (TPSA) is 57.6 Å². The molecule has 0 saturated heterocycles. The first-order valence-corrected chi connectivity index (χ1v) is 11.4. The molecule has 1 atom stereocenters. The van der Waals surface area contributed by atoms with Gasteiger partial charge in [-0.3, -0.25) is 9.59 Å². The van der Waals surface area contributed by atoms with Crippen molar-refractivity contribution in [2.75, 3.05) is 4.90 Å². The lowest BCUT2D eigenvalue weighted by atomic mass is 9.85. The van der Waals surface area contributed by atoms with Crippen LogP contribution in [0.15, 0.2) is 60.0 Å². The molecule has 1 aliphatic heterocycles. The fraction of sp³-hybridized carbons (Fsp3) is 0.280. The Labute approximate surface area is 191 Å². The van der Waals surface area contributed by atoms with E-state index in [1.54, 1.807) is 30.3 Å². The summed E-state index contributed by atoms with van der Waals surface area (Å²) in [5.74, 6) is -0.793. The van der Waals surface area contributed by atoms with Crippen LogP contribution in [0.5, 0.6) is 0 Å². The van der Waals surface area contributed by atoms with E-state index >= 15 is 0 Å². The number of ketones is 1. The Morgan fingerprint density at radius 2 is 1.84 bits per heavy atom. The predicted molar refractivity (Wildman–Crippen MR) is 125 cm³/mol. The molecule has 0 saturated carbocycles. The SMILES string of the molecule is CC(C)(C)c1ccc(C(=O)CC2(O)C(=O)N(Cc3cccs3)c3ccc(Cl)cc32)cc1. The lowest BCUT2D eigenvalue weighted by Crippen LogP contribution is -2.41. The molecule has 2 aromatic carbocycles. The van der Waals surface area contributed by atoms with Crippen LogP contribution in [0, 0.1) is 0 Å². The number of nitrogens with zero attached hydrogens (tertiary/aromatic N) is 1. The first kappa shape index (κ1) is 21.8. The van der Waals surface area contributed by atoms with Gasteiger partial charge in [-0.1, -0.05) is 62.7 Å². The number of benzene rings is 2. The third kappa shape index (κ3) is 4.05. The summed E-state index contributed by atoms with van der Waals surface area (Å²) >= 11 is 7.71. The van der Waals surface area contributed by atoms with Crippen molar-refractivity contribution in [1.82, 2.24) is 0 Å². The highest BCUT2D eigenvalue weighted by molar-refractivity contribution is 7.09. The van der Waals surface area contributed by atoms with Crippen LogP contribution < -0.4 is 4.90 Å². The molecule has 1 N–H and O–H groups in total. The number of amides is 1. The minimum Gasteiger partial charge on any atom is -0.375 e. The van der Waals surface area contributed by atoms with Gasteiger partial charge in [-0.25, -0.2) is 0 Å². The summed E-state index contributed by atoms with van der Waals surface area (Å²) in [6.45, 7) is 6.65. The van der Waals surface area contributed by atoms with Gasteiger partial charge in [0.2, 0.25) is 0 Å². The number of Topliss-reactive ketones (excluding diaryl/α,β-unsaturated/α-hetero) is 1. The second-order valence-corrected chi connectivity index (χ2v) is 10.4. The second kappa shape index (κ2) is 7.90. The average Bonchev–Trinajstić information content (AvgIpc) is 3.30. The van der Waals surface area contributed by atoms with Gasteiger partial charge in [-0.05, 0) is 40.6 Å². The van der Waals surface area contributed by atoms with Crippen LogP contribution in [-0.4, -0.2) is 16.8 Å². The molecule has 0 bridgehead atoms. The van der Waals surface area contributed by atoms with Gasteiger partial charge in [0.25, 0.3) is 5.91 Å². The average molecular weight is 454 g/mol. The van der Waals surface area contributed by atoms with Crippen molar-refractivity contribution in [2.24, 2.45) is 0 Å². The molecule has 0 aliphatic carbocycles. The van der Waals surface area contributed by atoms with E-state index in [9.17, 15) is 14.7 Å². The third-order valence-corrected chi connectivity index (χ3v) is 6.77. The Kier molecular flexibility index (Phi) is 5.54. The maximum Gasteiger partial charge on any atom is 0.264 e. The Morgan fingerprint density at radius 3 is 2.45 bits per heavy atom. The summed E-state index contributed by atoms with van der Waals surface area (Å²) < 4.78 is 0. The van der Waals surface area contributed by atoms with Crippen LogP contribution in [0.2, 0.25) is 5.02 Å². The molecule has 1 amide bonds. The molecule has 3 aromatic rings. The smallest absolute Gasteiger partial charge is 0.264 e. The van der Waals surface area contributed by atoms with Crippen molar-refractivity contribution in [3.63, 3.8) is 0 Å². The van der Waals surface area contributed by atoms with Crippen molar-refractivity contribution < 1.29 is 14.7 Å². The highest BCUT2D eigenvalue weighted by Crippen LogP contribution is 2.45. The fourth-order valence-corrected chi connectivity index (χ4v) is 4.76. The summed E-state index contributed by atoms with van der Waals surface area (Å²) in [7, 11) is 0. The van der Waals surface area contributed by atoms with Gasteiger partial charge in [-0.2, -0.15) is 0 Å². The molecule has 1 aliphatic rings. The van der Waals surface area contributed by atoms with Gasteiger partial charge in [-0.15, -0.1) is 11.3 Å². The number of fused-ring (bicyclic) bond motifs is 1. The van der Waals surface area contributed by atoms with Crippen LogP contribution in [0.4, 0.5) is 5.69 Å². The third-order valence-electron chi connectivity index (χ3n) is 5.68. The van der Waals surface area contributed by atoms with Crippen molar-refractivity contribution in [3.8, 4) is 0 Å². The van der Waals surface area contributed by atoms with Gasteiger partial charge >= 0.3 is 0 Å². The summed E-state index contributed by atoms with van der Waals surface area (Å²) in [6, 6.07) is 16.2. The Hall–Kier alpha value is -2.47. The summed E-state index contributed by atoms with van der Waals surface area (Å²) in [6.07, 6.45) is -0.338. The zero-order chi connectivity index (χ0) is 22.4. The van der Waals surface area contributed by atoms with E-state index in [0.717, 1.165) is 10.4 Å². The maximum atomic E-state index is 13.4. The van der Waals surface area contributed by atoms with Crippen LogP contribution in [0.1, 0.15) is 53.6 Å². The maximum absolute atomic E-state index is 13.4. The molecule has 0 spiro atoms. The highest BCUT2D eigenvalue weighted by Gasteiger charge is 2.51. The van der Waals surface area contributed by atoms with Crippen LogP contribution in [0.25, 0.3) is 0 Å². The highest BCUT2D eigenvalue weighted by atomic mass is 35.5. The number of halogens is 1. The largest absolute Gasteiger partial charge is 0.375 e. The van der Waals surface area contributed by atoms with E-state index in [1.165, 1.54) is 16.2 Å². The van der Waals surface area contributed by atoms with Gasteiger partial charge in [0.15, 0.2) is 11.4 Å². The molecule has 0 fully saturated rings. The standard InChI is InChI=1S/C25H24ClNO3S/c1-24(2,3)17-8-6-16(7-9-17)22(28)14-25(30)20-13-18(26)10-11-21(20)27(23(25)29)15-19-5-4-12-31-19/h4-13,30H,14-15H2,1-3H3. The molecule has 1 unspecified atom stereocenters. The first-order valence-electron chi connectivity index (χ1n) is 10.1. The van der Waals surface area contributed by atoms with E-state index in [4.69, 9.17) is 11.6 Å². The van der Waals surface area contributed by atoms with E-state index in [-0.39, 0.29) is 17.6 Å². The molecule has 31 heavy (non-hydrogen) atoms. The van der Waals surface area contributed by atoms with Gasteiger partial charge < -0.3 is 10.0 Å². The van der Waals surface area contributed by atoms with Crippen molar-refractivity contribution in [3.05, 3.63) is 86.6 Å². The van der Waals surface area contributed by atoms with Gasteiger partial charge in [0.1, 0.15) is 0 Å². The van der Waals surface area contributed by atoms with Crippen molar-refractivity contribution >= 4 is 40.3 Å². The fourth-order valence-electron chi connectivity index (χ4n) is 3.90. The number of rotatable bonds is 5. The quantitative estimate of drug-likeness (QED) is 0.503. The summed E-state index contributed by atoms with van der Waals surface area (Å²) in [5.41, 5.74) is 0.562. The predicted octanol–water partition coefficient (Wildman–Crippen LogP) is 5.71. The molecule has 160 valence electrons. The van der Waals surface area contributed by atoms with Gasteiger partial charge in [0, 0.05) is 21.0 Å². The molecule has 4 nitrogen and oxygen atoms in total. The number of carbonyl (C=O) groups is 2. The summed E-state index contributed by atoms with van der Waals surface area (Å²) in [5, 5.41) is 13.8. The van der Waals surface area contributed by atoms with E-state index in [2.05, 4.69) is 20.8 Å². The zero-order valence-electron chi connectivity index (χ0n) is 17.7. The number of thiophene rings is 1. The van der Waals surface area contributed by atoms with Gasteiger partial charge in [0.05, 0.1) is 18.7 Å². The van der Waals surface area contributed by atoms with E-state index < -0.39 is 11.5 Å². The van der Waals surface area contributed by atoms with Crippen molar-refractivity contribution in [1.29, 1.82) is 0 Å². The normalized spacial score (nSPS) is 18.4. The lowest BCUT2D eigenvalue weighted by molar-refractivity contribution is -0.136. The number of hydrogen-bond acceptors (Lipinski definition) is 4. The van der Waals surface area contributed by atoms with Crippen LogP contribution >= 0.6 is 22.9 Å². The number of carbonyl (C=O) groups excluding carboxylic acids is 2. The summed E-state index contributed by atoms with van der Waals surface area (Å²) in [4.78, 5) is 29.0. The van der Waals surface area contributed by atoms with Crippen LogP contribution in [-0.2, 0) is 22.4 Å². The Morgan fingerprint density at radius 1 is 1.13 bits per heavy atom. The van der Waals surface area contributed by atoms with Crippen LogP contribution in [0.3, 0.4) is 0 Å². The minimum absolute atomic E-state index is 0.0286. The molecule has 1 aromatic heterocycles. The number of hydrogen-bond donors (Lipinski definition) is 1. The molecular formula is C25H24ClNO3S. The number of aliphatic hydroxyl groups is 1. The second-order valence-electron chi connectivity index (χ2n) is 8.92. The van der Waals surface area contributed by atoms with E-state index in [1.807, 2.05) is 29.6 Å². The molecule has 0 radical (unpaired) electrons. The molecule has 6 heteroatoms.